The Labute approximate surface area is 132 Å². The molecule has 0 radical (unpaired) electrons. The number of ether oxygens (including phenoxy) is 2. The van der Waals surface area contributed by atoms with E-state index in [0.29, 0.717) is 25.5 Å². The SMILES string of the molecule is C#Cc1ccc2cc(OCCOCC[NH-])ccc2n1.[Pd]. The van der Waals surface area contributed by atoms with Crippen molar-refractivity contribution < 1.29 is 29.9 Å². The van der Waals surface area contributed by atoms with Crippen LogP contribution in [0, 0.1) is 12.3 Å². The molecule has 0 atom stereocenters. The van der Waals surface area contributed by atoms with Crippen molar-refractivity contribution in [3.63, 3.8) is 0 Å². The fourth-order valence-corrected chi connectivity index (χ4v) is 1.67. The molecule has 1 aromatic carbocycles. The number of terminal acetylenes is 1. The number of aromatic nitrogens is 1. The summed E-state index contributed by atoms with van der Waals surface area (Å²) in [5.74, 6) is 3.29. The summed E-state index contributed by atoms with van der Waals surface area (Å²) in [4.78, 5) is 4.32. The van der Waals surface area contributed by atoms with E-state index in [1.807, 2.05) is 30.3 Å². The maximum absolute atomic E-state index is 6.94. The monoisotopic (exact) mass is 361 g/mol. The summed E-state index contributed by atoms with van der Waals surface area (Å²) in [5.41, 5.74) is 8.42. The third-order valence-electron chi connectivity index (χ3n) is 2.55. The Hall–Kier alpha value is -1.43. The zero-order valence-corrected chi connectivity index (χ0v) is 12.4. The van der Waals surface area contributed by atoms with Crippen molar-refractivity contribution in [3.8, 4) is 18.1 Å². The zero-order valence-electron chi connectivity index (χ0n) is 10.9. The second-order valence-electron chi connectivity index (χ2n) is 3.91. The molecule has 0 amide bonds. The number of hydrogen-bond donors (Lipinski definition) is 0. The average molecular weight is 362 g/mol. The molecule has 1 N–H and O–H groups in total. The van der Waals surface area contributed by atoms with E-state index in [1.54, 1.807) is 0 Å². The van der Waals surface area contributed by atoms with Gasteiger partial charge in [0.25, 0.3) is 0 Å². The Kier molecular flexibility index (Phi) is 7.22. The van der Waals surface area contributed by atoms with Crippen molar-refractivity contribution in [1.82, 2.24) is 4.98 Å². The first-order chi connectivity index (χ1) is 9.33. The molecule has 2 aromatic rings. The van der Waals surface area contributed by atoms with Crippen molar-refractivity contribution in [2.75, 3.05) is 26.4 Å². The molecule has 108 valence electrons. The van der Waals surface area contributed by atoms with Crippen LogP contribution in [0.25, 0.3) is 16.6 Å². The Bertz CT molecular complexity index is 596. The summed E-state index contributed by atoms with van der Waals surface area (Å²) < 4.78 is 10.7. The molecule has 0 aliphatic carbocycles. The van der Waals surface area contributed by atoms with E-state index in [1.165, 1.54) is 0 Å². The van der Waals surface area contributed by atoms with E-state index in [0.717, 1.165) is 16.7 Å². The molecule has 0 bridgehead atoms. The van der Waals surface area contributed by atoms with E-state index in [-0.39, 0.29) is 27.0 Å². The van der Waals surface area contributed by atoms with Gasteiger partial charge in [0.05, 0.1) is 12.1 Å². The van der Waals surface area contributed by atoms with Gasteiger partial charge in [-0.15, -0.1) is 13.0 Å². The molecule has 20 heavy (non-hydrogen) atoms. The van der Waals surface area contributed by atoms with Gasteiger partial charge >= 0.3 is 0 Å². The number of benzene rings is 1. The first-order valence-corrected chi connectivity index (χ1v) is 6.06. The summed E-state index contributed by atoms with van der Waals surface area (Å²) in [6, 6.07) is 9.41. The Morgan fingerprint density at radius 1 is 1.15 bits per heavy atom. The maximum atomic E-state index is 6.94. The van der Waals surface area contributed by atoms with E-state index >= 15 is 0 Å². The molecule has 0 saturated heterocycles. The molecular formula is C15H15N2O2Pd-. The molecule has 2 rings (SSSR count). The number of nitrogens with zero attached hydrogens (tertiary/aromatic N) is 1. The van der Waals surface area contributed by atoms with E-state index in [4.69, 9.17) is 21.6 Å². The largest absolute Gasteiger partial charge is 0.676 e. The van der Waals surface area contributed by atoms with Crippen LogP contribution in [0.2, 0.25) is 0 Å². The molecular weight excluding hydrogens is 347 g/mol. The van der Waals surface area contributed by atoms with Gasteiger partial charge in [0.15, 0.2) is 0 Å². The van der Waals surface area contributed by atoms with Crippen LogP contribution in [0.1, 0.15) is 5.69 Å². The van der Waals surface area contributed by atoms with Gasteiger partial charge in [-0.05, 0) is 30.3 Å². The van der Waals surface area contributed by atoms with Gasteiger partial charge in [0.1, 0.15) is 18.1 Å². The third-order valence-corrected chi connectivity index (χ3v) is 2.55. The molecule has 4 nitrogen and oxygen atoms in total. The molecule has 0 aliphatic heterocycles. The number of hydrogen-bond acceptors (Lipinski definition) is 3. The van der Waals surface area contributed by atoms with Crippen LogP contribution in [0.4, 0.5) is 0 Å². The molecule has 1 heterocycles. The fourth-order valence-electron chi connectivity index (χ4n) is 1.67. The molecule has 0 saturated carbocycles. The van der Waals surface area contributed by atoms with Gasteiger partial charge in [0, 0.05) is 32.4 Å². The maximum Gasteiger partial charge on any atom is 0.120 e. The summed E-state index contributed by atoms with van der Waals surface area (Å²) in [6.07, 6.45) is 5.31. The minimum Gasteiger partial charge on any atom is -0.676 e. The van der Waals surface area contributed by atoms with Crippen molar-refractivity contribution in [2.45, 2.75) is 0 Å². The van der Waals surface area contributed by atoms with Crippen molar-refractivity contribution >= 4 is 10.9 Å². The van der Waals surface area contributed by atoms with Crippen LogP contribution >= 0.6 is 0 Å². The van der Waals surface area contributed by atoms with Crippen LogP contribution < -0.4 is 4.74 Å². The smallest absolute Gasteiger partial charge is 0.120 e. The Balaban J connectivity index is 0.00000200. The zero-order chi connectivity index (χ0) is 13.5. The summed E-state index contributed by atoms with van der Waals surface area (Å²) in [6.45, 7) is 1.69. The average Bonchev–Trinajstić information content (AvgIpc) is 2.46. The van der Waals surface area contributed by atoms with E-state index < -0.39 is 0 Å². The van der Waals surface area contributed by atoms with Crippen LogP contribution in [0.15, 0.2) is 30.3 Å². The number of pyridine rings is 1. The van der Waals surface area contributed by atoms with Crippen LogP contribution in [-0.2, 0) is 25.2 Å². The predicted octanol–water partition coefficient (Wildman–Crippen LogP) is 2.66. The van der Waals surface area contributed by atoms with Crippen LogP contribution in [0.5, 0.6) is 5.75 Å². The third kappa shape index (κ3) is 4.60. The molecule has 0 unspecified atom stereocenters. The van der Waals surface area contributed by atoms with Gasteiger partial charge in [-0.1, -0.05) is 5.92 Å². The minimum atomic E-state index is 0. The number of rotatable bonds is 6. The quantitative estimate of drug-likeness (QED) is 0.451. The predicted molar refractivity (Wildman–Crippen MR) is 75.2 cm³/mol. The molecule has 5 heteroatoms. The van der Waals surface area contributed by atoms with Crippen LogP contribution in [0.3, 0.4) is 0 Å². The van der Waals surface area contributed by atoms with Gasteiger partial charge in [-0.25, -0.2) is 4.98 Å². The number of fused-ring (bicyclic) bond motifs is 1. The summed E-state index contributed by atoms with van der Waals surface area (Å²) >= 11 is 0. The van der Waals surface area contributed by atoms with E-state index in [9.17, 15) is 0 Å². The van der Waals surface area contributed by atoms with Gasteiger partial charge in [-0.2, -0.15) is 0 Å². The molecule has 1 aromatic heterocycles. The minimum absolute atomic E-state index is 0. The van der Waals surface area contributed by atoms with Gasteiger partial charge in [0.2, 0.25) is 0 Å². The standard InChI is InChI=1S/C15H15N2O2.Pd/c1-2-13-4-3-12-11-14(5-6-15(12)17-13)19-10-9-18-8-7-16;/h1,3-6,11,16H,7-10H2;/q-1;. The van der Waals surface area contributed by atoms with Gasteiger partial charge in [-0.3, -0.25) is 0 Å². The van der Waals surface area contributed by atoms with Crippen molar-refractivity contribution in [1.29, 1.82) is 0 Å². The second-order valence-corrected chi connectivity index (χ2v) is 3.91. The van der Waals surface area contributed by atoms with Gasteiger partial charge < -0.3 is 15.2 Å². The molecule has 0 fully saturated rings. The molecule has 0 spiro atoms. The first kappa shape index (κ1) is 16.6. The number of nitrogens with one attached hydrogen (secondary N) is 1. The van der Waals surface area contributed by atoms with E-state index in [2.05, 4.69) is 10.9 Å². The second kappa shape index (κ2) is 8.69. The van der Waals surface area contributed by atoms with Crippen LogP contribution in [-0.4, -0.2) is 31.3 Å². The fraction of sp³-hybridized carbons (Fsp3) is 0.267. The molecule has 0 aliphatic rings. The Morgan fingerprint density at radius 2 is 2.00 bits per heavy atom. The normalized spacial score (nSPS) is 9.80. The summed E-state index contributed by atoms with van der Waals surface area (Å²) in [5, 5.41) is 0.989. The Morgan fingerprint density at radius 3 is 2.75 bits per heavy atom. The first-order valence-electron chi connectivity index (χ1n) is 6.06. The summed E-state index contributed by atoms with van der Waals surface area (Å²) in [7, 11) is 0. The van der Waals surface area contributed by atoms with Crippen molar-refractivity contribution in [2.24, 2.45) is 0 Å². The van der Waals surface area contributed by atoms with Crippen molar-refractivity contribution in [3.05, 3.63) is 41.8 Å². The topological polar surface area (TPSA) is 55.2 Å².